The van der Waals surface area contributed by atoms with Crippen LogP contribution >= 0.6 is 0 Å². The highest BCUT2D eigenvalue weighted by molar-refractivity contribution is 5.78. The van der Waals surface area contributed by atoms with E-state index in [0.29, 0.717) is 25.4 Å². The number of carbonyl (C=O) groups is 1. The normalized spacial score (nSPS) is 24.4. The molecule has 0 spiro atoms. The van der Waals surface area contributed by atoms with Crippen LogP contribution in [0.25, 0.3) is 0 Å². The molecule has 1 aliphatic rings. The third-order valence-corrected chi connectivity index (χ3v) is 2.61. The van der Waals surface area contributed by atoms with E-state index < -0.39 is 0 Å². The lowest BCUT2D eigenvalue weighted by atomic mass is 10.2. The number of rotatable bonds is 4. The molecule has 1 unspecified atom stereocenters. The van der Waals surface area contributed by atoms with Crippen molar-refractivity contribution in [2.24, 2.45) is 0 Å². The minimum atomic E-state index is 0.147. The summed E-state index contributed by atoms with van der Waals surface area (Å²) in [6.07, 6.45) is 2.28. The number of hydrazine groups is 1. The molecule has 1 N–H and O–H groups in total. The Morgan fingerprint density at radius 1 is 1.62 bits per heavy atom. The van der Waals surface area contributed by atoms with Crippen molar-refractivity contribution in [1.29, 1.82) is 0 Å². The van der Waals surface area contributed by atoms with Crippen molar-refractivity contribution in [3.8, 4) is 0 Å². The predicted octanol–water partition coefficient (Wildman–Crippen LogP) is 0.226. The van der Waals surface area contributed by atoms with Crippen molar-refractivity contribution >= 4 is 5.91 Å². The molecule has 1 rings (SSSR count). The van der Waals surface area contributed by atoms with E-state index in [4.69, 9.17) is 5.11 Å². The molecule has 0 saturated carbocycles. The average Bonchev–Trinajstić information content (AvgIpc) is 2.39. The van der Waals surface area contributed by atoms with Crippen LogP contribution in [0.5, 0.6) is 0 Å². The van der Waals surface area contributed by atoms with E-state index in [1.54, 1.807) is 5.01 Å². The second-order valence-corrected chi connectivity index (χ2v) is 3.43. The Hall–Kier alpha value is -0.610. The minimum absolute atomic E-state index is 0.147. The van der Waals surface area contributed by atoms with Gasteiger partial charge in [-0.15, -0.1) is 0 Å². The fourth-order valence-corrected chi connectivity index (χ4v) is 1.72. The summed E-state index contributed by atoms with van der Waals surface area (Å²) in [6.45, 7) is 2.88. The SMILES string of the molecule is CCC1CC(=O)N(CCCO)N1C. The van der Waals surface area contributed by atoms with Gasteiger partial charge in [-0.05, 0) is 12.8 Å². The van der Waals surface area contributed by atoms with Crippen LogP contribution in [0.15, 0.2) is 0 Å². The van der Waals surface area contributed by atoms with Gasteiger partial charge < -0.3 is 5.11 Å². The fraction of sp³-hybridized carbons (Fsp3) is 0.889. The van der Waals surface area contributed by atoms with Crippen molar-refractivity contribution < 1.29 is 9.90 Å². The number of amides is 1. The highest BCUT2D eigenvalue weighted by Gasteiger charge is 2.32. The van der Waals surface area contributed by atoms with E-state index in [-0.39, 0.29) is 12.5 Å². The molecular formula is C9H18N2O2. The molecule has 13 heavy (non-hydrogen) atoms. The molecule has 0 radical (unpaired) electrons. The Morgan fingerprint density at radius 2 is 2.31 bits per heavy atom. The third kappa shape index (κ3) is 2.19. The van der Waals surface area contributed by atoms with Crippen molar-refractivity contribution in [3.63, 3.8) is 0 Å². The van der Waals surface area contributed by atoms with E-state index in [1.807, 2.05) is 12.1 Å². The third-order valence-electron chi connectivity index (χ3n) is 2.61. The van der Waals surface area contributed by atoms with Gasteiger partial charge in [0.2, 0.25) is 5.91 Å². The predicted molar refractivity (Wildman–Crippen MR) is 49.9 cm³/mol. The topological polar surface area (TPSA) is 43.8 Å². The van der Waals surface area contributed by atoms with Gasteiger partial charge in [0, 0.05) is 32.7 Å². The first-order valence-corrected chi connectivity index (χ1v) is 4.84. The van der Waals surface area contributed by atoms with Gasteiger partial charge in [0.1, 0.15) is 0 Å². The van der Waals surface area contributed by atoms with Gasteiger partial charge in [-0.3, -0.25) is 9.80 Å². The highest BCUT2D eigenvalue weighted by Crippen LogP contribution is 2.19. The highest BCUT2D eigenvalue weighted by atomic mass is 16.3. The zero-order valence-electron chi connectivity index (χ0n) is 8.36. The zero-order valence-corrected chi connectivity index (χ0v) is 8.36. The second kappa shape index (κ2) is 4.58. The molecule has 1 aliphatic heterocycles. The van der Waals surface area contributed by atoms with Crippen LogP contribution in [-0.2, 0) is 4.79 Å². The molecule has 0 aliphatic carbocycles. The van der Waals surface area contributed by atoms with Gasteiger partial charge in [-0.1, -0.05) is 6.92 Å². The molecule has 1 heterocycles. The summed E-state index contributed by atoms with van der Waals surface area (Å²) in [5, 5.41) is 12.4. The fourth-order valence-electron chi connectivity index (χ4n) is 1.72. The first kappa shape index (κ1) is 10.5. The van der Waals surface area contributed by atoms with E-state index in [1.165, 1.54) is 0 Å². The maximum absolute atomic E-state index is 11.5. The molecule has 1 saturated heterocycles. The van der Waals surface area contributed by atoms with Gasteiger partial charge >= 0.3 is 0 Å². The number of hydrogen-bond donors (Lipinski definition) is 1. The van der Waals surface area contributed by atoms with Crippen LogP contribution < -0.4 is 0 Å². The summed E-state index contributed by atoms with van der Waals surface area (Å²) in [5.74, 6) is 0.183. The molecule has 0 aromatic rings. The second-order valence-electron chi connectivity index (χ2n) is 3.43. The van der Waals surface area contributed by atoms with Crippen molar-refractivity contribution in [2.75, 3.05) is 20.2 Å². The Labute approximate surface area is 79.1 Å². The molecule has 0 aromatic carbocycles. The standard InChI is InChI=1S/C9H18N2O2/c1-3-8-7-9(13)11(10(8)2)5-4-6-12/h8,12H,3-7H2,1-2H3. The lowest BCUT2D eigenvalue weighted by Gasteiger charge is -2.27. The van der Waals surface area contributed by atoms with Crippen LogP contribution in [-0.4, -0.2) is 47.3 Å². The molecule has 0 aromatic heterocycles. The maximum Gasteiger partial charge on any atom is 0.238 e. The van der Waals surface area contributed by atoms with Crippen molar-refractivity contribution in [3.05, 3.63) is 0 Å². The number of aliphatic hydroxyl groups is 1. The quantitative estimate of drug-likeness (QED) is 0.683. The van der Waals surface area contributed by atoms with Crippen LogP contribution in [0.1, 0.15) is 26.2 Å². The molecule has 4 heteroatoms. The number of nitrogens with zero attached hydrogens (tertiary/aromatic N) is 2. The van der Waals surface area contributed by atoms with Gasteiger partial charge in [-0.2, -0.15) is 0 Å². The van der Waals surface area contributed by atoms with Crippen LogP contribution in [0.4, 0.5) is 0 Å². The van der Waals surface area contributed by atoms with Gasteiger partial charge in [0.15, 0.2) is 0 Å². The molecule has 4 nitrogen and oxygen atoms in total. The molecule has 0 bridgehead atoms. The number of aliphatic hydroxyl groups excluding tert-OH is 1. The van der Waals surface area contributed by atoms with Crippen molar-refractivity contribution in [1.82, 2.24) is 10.0 Å². The van der Waals surface area contributed by atoms with E-state index in [9.17, 15) is 4.79 Å². The first-order valence-electron chi connectivity index (χ1n) is 4.84. The van der Waals surface area contributed by atoms with Gasteiger partial charge in [0.05, 0.1) is 0 Å². The lowest BCUT2D eigenvalue weighted by molar-refractivity contribution is -0.137. The molecule has 1 atom stereocenters. The van der Waals surface area contributed by atoms with Crippen LogP contribution in [0.2, 0.25) is 0 Å². The average molecular weight is 186 g/mol. The number of carbonyl (C=O) groups excluding carboxylic acids is 1. The van der Waals surface area contributed by atoms with E-state index in [2.05, 4.69) is 6.92 Å². The summed E-state index contributed by atoms with van der Waals surface area (Å²) in [5.41, 5.74) is 0. The Kier molecular flexibility index (Phi) is 3.69. The smallest absolute Gasteiger partial charge is 0.238 e. The maximum atomic E-state index is 11.5. The molecule has 1 fully saturated rings. The lowest BCUT2D eigenvalue weighted by Crippen LogP contribution is -2.40. The van der Waals surface area contributed by atoms with E-state index in [0.717, 1.165) is 6.42 Å². The summed E-state index contributed by atoms with van der Waals surface area (Å²) >= 11 is 0. The Balaban J connectivity index is 2.49. The van der Waals surface area contributed by atoms with Gasteiger partial charge in [-0.25, -0.2) is 5.01 Å². The molecule has 1 amide bonds. The summed E-state index contributed by atoms with van der Waals surface area (Å²) < 4.78 is 0. The zero-order chi connectivity index (χ0) is 9.84. The summed E-state index contributed by atoms with van der Waals surface area (Å²) in [7, 11) is 1.94. The monoisotopic (exact) mass is 186 g/mol. The van der Waals surface area contributed by atoms with Crippen LogP contribution in [0, 0.1) is 0 Å². The first-order chi connectivity index (χ1) is 6.20. The van der Waals surface area contributed by atoms with E-state index >= 15 is 0 Å². The molecular weight excluding hydrogens is 168 g/mol. The number of hydrogen-bond acceptors (Lipinski definition) is 3. The molecule has 76 valence electrons. The minimum Gasteiger partial charge on any atom is -0.396 e. The van der Waals surface area contributed by atoms with Gasteiger partial charge in [0.25, 0.3) is 0 Å². The summed E-state index contributed by atoms with van der Waals surface area (Å²) in [4.78, 5) is 11.5. The largest absolute Gasteiger partial charge is 0.396 e. The van der Waals surface area contributed by atoms with Crippen molar-refractivity contribution in [2.45, 2.75) is 32.2 Å². The Morgan fingerprint density at radius 3 is 2.77 bits per heavy atom. The summed E-state index contributed by atoms with van der Waals surface area (Å²) in [6, 6.07) is 0.353. The Bertz CT molecular complexity index is 184. The van der Waals surface area contributed by atoms with Crippen LogP contribution in [0.3, 0.4) is 0 Å².